The third kappa shape index (κ3) is 5.22. The molecular weight excluding hydrogens is 340 g/mol. The lowest BCUT2D eigenvalue weighted by atomic mass is 10.2. The van der Waals surface area contributed by atoms with Crippen LogP contribution >= 0.6 is 0 Å². The number of carbonyl (C=O) groups is 1. The first-order valence-corrected chi connectivity index (χ1v) is 9.59. The van der Waals surface area contributed by atoms with Crippen molar-refractivity contribution in [1.29, 1.82) is 0 Å². The number of nitrogens with zero attached hydrogens (tertiary/aromatic N) is 1. The number of methoxy groups -OCH3 is 1. The monoisotopic (exact) mass is 362 g/mol. The predicted molar refractivity (Wildman–Crippen MR) is 98.2 cm³/mol. The number of nitrogens with one attached hydrogen (secondary N) is 1. The minimum atomic E-state index is -3.58. The molecule has 0 radical (unpaired) electrons. The van der Waals surface area contributed by atoms with E-state index in [9.17, 15) is 13.2 Å². The molecule has 7 heteroatoms. The summed E-state index contributed by atoms with van der Waals surface area (Å²) in [5, 5.41) is 2.74. The molecule has 0 aliphatic heterocycles. The van der Waals surface area contributed by atoms with Gasteiger partial charge < -0.3 is 10.1 Å². The Morgan fingerprint density at radius 2 is 1.88 bits per heavy atom. The highest BCUT2D eigenvalue weighted by atomic mass is 32.2. The standard InChI is InChI=1S/C18H22N2O4S/c1-14-7-4-5-10-17(14)20(25(3,22)23)13-18(21)19-12-15-8-6-9-16(11-15)24-2/h4-11H,12-13H2,1-3H3,(H,19,21). The fraction of sp³-hybridized carbons (Fsp3) is 0.278. The van der Waals surface area contributed by atoms with Gasteiger partial charge in [0, 0.05) is 6.54 Å². The Bertz CT molecular complexity index is 850. The van der Waals surface area contributed by atoms with E-state index in [1.165, 1.54) is 0 Å². The molecule has 134 valence electrons. The van der Waals surface area contributed by atoms with Crippen LogP contribution in [0.25, 0.3) is 0 Å². The quantitative estimate of drug-likeness (QED) is 0.818. The molecule has 6 nitrogen and oxygen atoms in total. The largest absolute Gasteiger partial charge is 0.497 e. The number of sulfonamides is 1. The van der Waals surface area contributed by atoms with Crippen molar-refractivity contribution < 1.29 is 17.9 Å². The number of hydrogen-bond acceptors (Lipinski definition) is 4. The average Bonchev–Trinajstić information content (AvgIpc) is 2.58. The van der Waals surface area contributed by atoms with Gasteiger partial charge in [-0.05, 0) is 36.2 Å². The van der Waals surface area contributed by atoms with Gasteiger partial charge in [0.05, 0.1) is 19.1 Å². The Kier molecular flexibility index (Phi) is 6.03. The number of amides is 1. The molecule has 1 N–H and O–H groups in total. The second-order valence-electron chi connectivity index (χ2n) is 5.68. The van der Waals surface area contributed by atoms with Crippen LogP contribution in [0.4, 0.5) is 5.69 Å². The fourth-order valence-corrected chi connectivity index (χ4v) is 3.31. The molecule has 2 rings (SSSR count). The summed E-state index contributed by atoms with van der Waals surface area (Å²) in [5.41, 5.74) is 2.16. The van der Waals surface area contributed by atoms with Crippen molar-refractivity contribution in [3.05, 3.63) is 59.7 Å². The van der Waals surface area contributed by atoms with Crippen LogP contribution in [0.3, 0.4) is 0 Å². The number of aryl methyl sites for hydroxylation is 1. The molecule has 0 saturated carbocycles. The van der Waals surface area contributed by atoms with Crippen molar-refractivity contribution in [1.82, 2.24) is 5.32 Å². The molecule has 0 aliphatic rings. The predicted octanol–water partition coefficient (Wildman–Crippen LogP) is 2.09. The molecule has 0 atom stereocenters. The minimum Gasteiger partial charge on any atom is -0.497 e. The Hall–Kier alpha value is -2.54. The molecule has 0 heterocycles. The molecule has 2 aromatic carbocycles. The Morgan fingerprint density at radius 3 is 2.52 bits per heavy atom. The number of benzene rings is 2. The smallest absolute Gasteiger partial charge is 0.241 e. The molecule has 25 heavy (non-hydrogen) atoms. The van der Waals surface area contributed by atoms with Crippen LogP contribution in [0.15, 0.2) is 48.5 Å². The van der Waals surface area contributed by atoms with Gasteiger partial charge in [-0.3, -0.25) is 9.10 Å². The van der Waals surface area contributed by atoms with Crippen molar-refractivity contribution in [2.75, 3.05) is 24.2 Å². The van der Waals surface area contributed by atoms with E-state index in [1.807, 2.05) is 43.3 Å². The van der Waals surface area contributed by atoms with Gasteiger partial charge >= 0.3 is 0 Å². The summed E-state index contributed by atoms with van der Waals surface area (Å²) in [6, 6.07) is 14.4. The van der Waals surface area contributed by atoms with Gasteiger partial charge in [0.25, 0.3) is 0 Å². The van der Waals surface area contributed by atoms with Crippen LogP contribution in [-0.4, -0.2) is 34.2 Å². The van der Waals surface area contributed by atoms with E-state index >= 15 is 0 Å². The van der Waals surface area contributed by atoms with Gasteiger partial charge in [-0.15, -0.1) is 0 Å². The van der Waals surface area contributed by atoms with Crippen molar-refractivity contribution in [3.8, 4) is 5.75 Å². The average molecular weight is 362 g/mol. The van der Waals surface area contributed by atoms with Crippen LogP contribution in [0, 0.1) is 6.92 Å². The Balaban J connectivity index is 2.09. The first-order valence-electron chi connectivity index (χ1n) is 7.74. The van der Waals surface area contributed by atoms with Crippen molar-refractivity contribution >= 4 is 21.6 Å². The molecule has 0 bridgehead atoms. The maximum atomic E-state index is 12.3. The fourth-order valence-electron chi connectivity index (χ4n) is 2.39. The second kappa shape index (κ2) is 8.02. The summed E-state index contributed by atoms with van der Waals surface area (Å²) in [7, 11) is -2.00. The highest BCUT2D eigenvalue weighted by Gasteiger charge is 2.21. The van der Waals surface area contributed by atoms with Crippen LogP contribution in [0.1, 0.15) is 11.1 Å². The summed E-state index contributed by atoms with van der Waals surface area (Å²) in [5.74, 6) is 0.320. The lowest BCUT2D eigenvalue weighted by Crippen LogP contribution is -2.40. The van der Waals surface area contributed by atoms with Crippen molar-refractivity contribution in [2.45, 2.75) is 13.5 Å². The molecule has 0 aliphatic carbocycles. The molecule has 2 aromatic rings. The topological polar surface area (TPSA) is 75.7 Å². The molecule has 0 saturated heterocycles. The highest BCUT2D eigenvalue weighted by Crippen LogP contribution is 2.21. The first-order chi connectivity index (χ1) is 11.8. The molecule has 0 fully saturated rings. The maximum Gasteiger partial charge on any atom is 0.241 e. The summed E-state index contributed by atoms with van der Waals surface area (Å²) in [6.07, 6.45) is 1.09. The summed E-state index contributed by atoms with van der Waals surface area (Å²) < 4.78 is 30.5. The van der Waals surface area contributed by atoms with E-state index in [1.54, 1.807) is 19.2 Å². The van der Waals surface area contributed by atoms with Crippen molar-refractivity contribution in [3.63, 3.8) is 0 Å². The summed E-state index contributed by atoms with van der Waals surface area (Å²) in [6.45, 7) is 1.83. The number of anilines is 1. The van der Waals surface area contributed by atoms with E-state index in [4.69, 9.17) is 4.74 Å². The SMILES string of the molecule is COc1cccc(CNC(=O)CN(c2ccccc2C)S(C)(=O)=O)c1. The molecule has 1 amide bonds. The Labute approximate surface area is 148 Å². The normalized spacial score (nSPS) is 11.0. The summed E-state index contributed by atoms with van der Waals surface area (Å²) in [4.78, 5) is 12.3. The van der Waals surface area contributed by atoms with Crippen LogP contribution in [-0.2, 0) is 21.4 Å². The van der Waals surface area contributed by atoms with Crippen LogP contribution in [0.2, 0.25) is 0 Å². The maximum absolute atomic E-state index is 12.3. The van der Waals surface area contributed by atoms with E-state index < -0.39 is 10.0 Å². The minimum absolute atomic E-state index is 0.270. The van der Waals surface area contributed by atoms with Gasteiger partial charge in [0.1, 0.15) is 12.3 Å². The second-order valence-corrected chi connectivity index (χ2v) is 7.59. The van der Waals surface area contributed by atoms with Gasteiger partial charge in [0.15, 0.2) is 0 Å². The van der Waals surface area contributed by atoms with Gasteiger partial charge in [-0.1, -0.05) is 30.3 Å². The lowest BCUT2D eigenvalue weighted by Gasteiger charge is -2.23. The van der Waals surface area contributed by atoms with E-state index in [0.717, 1.165) is 21.7 Å². The van der Waals surface area contributed by atoms with Crippen LogP contribution < -0.4 is 14.4 Å². The van der Waals surface area contributed by atoms with Crippen LogP contribution in [0.5, 0.6) is 5.75 Å². The number of ether oxygens (including phenoxy) is 1. The lowest BCUT2D eigenvalue weighted by molar-refractivity contribution is -0.119. The number of carbonyl (C=O) groups excluding carboxylic acids is 1. The molecule has 0 aromatic heterocycles. The third-order valence-corrected chi connectivity index (χ3v) is 4.82. The molecular formula is C18H22N2O4S. The third-order valence-electron chi connectivity index (χ3n) is 3.70. The number of hydrogen-bond donors (Lipinski definition) is 1. The van der Waals surface area contributed by atoms with Crippen molar-refractivity contribution in [2.24, 2.45) is 0 Å². The van der Waals surface area contributed by atoms with E-state index in [2.05, 4.69) is 5.32 Å². The highest BCUT2D eigenvalue weighted by molar-refractivity contribution is 7.92. The zero-order chi connectivity index (χ0) is 18.4. The van der Waals surface area contributed by atoms with Gasteiger partial charge in [-0.25, -0.2) is 8.42 Å². The number of rotatable bonds is 7. The van der Waals surface area contributed by atoms with Gasteiger partial charge in [0.2, 0.25) is 15.9 Å². The molecule has 0 unspecified atom stereocenters. The summed E-state index contributed by atoms with van der Waals surface area (Å²) >= 11 is 0. The zero-order valence-corrected chi connectivity index (χ0v) is 15.3. The Morgan fingerprint density at radius 1 is 1.16 bits per heavy atom. The van der Waals surface area contributed by atoms with E-state index in [-0.39, 0.29) is 12.5 Å². The van der Waals surface area contributed by atoms with E-state index in [0.29, 0.717) is 18.0 Å². The van der Waals surface area contributed by atoms with Gasteiger partial charge in [-0.2, -0.15) is 0 Å². The number of para-hydroxylation sites is 1. The zero-order valence-electron chi connectivity index (χ0n) is 14.5. The first kappa shape index (κ1) is 18.8. The molecule has 0 spiro atoms.